The van der Waals surface area contributed by atoms with Gasteiger partial charge >= 0.3 is 0 Å². The van der Waals surface area contributed by atoms with Gasteiger partial charge in [-0.2, -0.15) is 0 Å². The van der Waals surface area contributed by atoms with Crippen molar-refractivity contribution in [2.45, 2.75) is 0 Å². The summed E-state index contributed by atoms with van der Waals surface area (Å²) in [4.78, 5) is 0. The van der Waals surface area contributed by atoms with Gasteiger partial charge in [-0.15, -0.1) is 23.2 Å². The van der Waals surface area contributed by atoms with Crippen molar-refractivity contribution in [1.29, 1.82) is 0 Å². The molecule has 0 saturated carbocycles. The summed E-state index contributed by atoms with van der Waals surface area (Å²) < 4.78 is 15.4. The molecule has 1 unspecified atom stereocenters. The fourth-order valence-corrected chi connectivity index (χ4v) is 1.60. The van der Waals surface area contributed by atoms with Crippen LogP contribution < -0.4 is 0 Å². The van der Waals surface area contributed by atoms with E-state index in [4.69, 9.17) is 27.7 Å². The first-order valence-corrected chi connectivity index (χ1v) is 5.18. The summed E-state index contributed by atoms with van der Waals surface area (Å²) in [5, 5.41) is 0. The fraction of sp³-hybridized carbons (Fsp3) is 1.00. The molecule has 0 saturated heterocycles. The van der Waals surface area contributed by atoms with Crippen molar-refractivity contribution in [2.75, 3.05) is 24.5 Å². The molecule has 5 heteroatoms. The Morgan fingerprint density at radius 1 is 1.33 bits per heavy atom. The Morgan fingerprint density at radius 2 is 2.00 bits per heavy atom. The second-order valence-electron chi connectivity index (χ2n) is 1.35. The van der Waals surface area contributed by atoms with Crippen molar-refractivity contribution in [3.8, 4) is 0 Å². The van der Waals surface area contributed by atoms with E-state index < -0.39 is 8.03 Å². The Bertz CT molecular complexity index is 88.6. The van der Waals surface area contributed by atoms with Gasteiger partial charge in [-0.1, -0.05) is 0 Å². The number of alkyl halides is 2. The van der Waals surface area contributed by atoms with Gasteiger partial charge in [0.05, 0.1) is 6.61 Å². The Hall–Kier alpha value is 0.770. The van der Waals surface area contributed by atoms with E-state index in [1.807, 2.05) is 0 Å². The third kappa shape index (κ3) is 6.66. The van der Waals surface area contributed by atoms with Gasteiger partial charge in [0, 0.05) is 17.9 Å². The molecule has 0 aliphatic carbocycles. The van der Waals surface area contributed by atoms with E-state index in [-0.39, 0.29) is 0 Å². The first-order valence-electron chi connectivity index (χ1n) is 2.58. The number of hydrogen-bond donors (Lipinski definition) is 0. The topological polar surface area (TPSA) is 26.3 Å². The first-order chi connectivity index (χ1) is 4.31. The van der Waals surface area contributed by atoms with Crippen LogP contribution in [0.3, 0.4) is 0 Å². The summed E-state index contributed by atoms with van der Waals surface area (Å²) in [5.74, 6) is 0.777. The molecule has 0 radical (unpaired) electrons. The third-order valence-corrected chi connectivity index (χ3v) is 2.48. The van der Waals surface area contributed by atoms with Crippen molar-refractivity contribution in [3.05, 3.63) is 0 Å². The summed E-state index contributed by atoms with van der Waals surface area (Å²) in [6.45, 7) is 0.357. The van der Waals surface area contributed by atoms with Gasteiger partial charge in [0.15, 0.2) is 8.03 Å². The zero-order valence-corrected chi connectivity index (χ0v) is 7.41. The first kappa shape index (κ1) is 9.77. The van der Waals surface area contributed by atoms with Crippen molar-refractivity contribution >= 4 is 31.2 Å². The highest BCUT2D eigenvalue weighted by molar-refractivity contribution is 7.39. The zero-order valence-electron chi connectivity index (χ0n) is 4.90. The minimum absolute atomic E-state index is 0.357. The molecule has 0 aromatic rings. The fourth-order valence-electron chi connectivity index (χ4n) is 0.302. The minimum Gasteiger partial charge on any atom is -0.329 e. The summed E-state index contributed by atoms with van der Waals surface area (Å²) >= 11 is 10.6. The molecule has 0 rings (SSSR count). The molecule has 9 heavy (non-hydrogen) atoms. The van der Waals surface area contributed by atoms with Gasteiger partial charge < -0.3 is 4.52 Å². The molecule has 0 amide bonds. The van der Waals surface area contributed by atoms with Gasteiger partial charge in [0.1, 0.15) is 0 Å². The number of hydrogen-bond acceptors (Lipinski definition) is 2. The molecule has 0 aromatic heterocycles. The van der Waals surface area contributed by atoms with Crippen LogP contribution in [0.25, 0.3) is 0 Å². The summed E-state index contributed by atoms with van der Waals surface area (Å²) in [6, 6.07) is 0. The number of halogens is 2. The van der Waals surface area contributed by atoms with Crippen molar-refractivity contribution in [3.63, 3.8) is 0 Å². The quantitative estimate of drug-likeness (QED) is 0.490. The lowest BCUT2D eigenvalue weighted by Crippen LogP contribution is -1.89. The summed E-state index contributed by atoms with van der Waals surface area (Å²) in [7, 11) is -1.87. The highest BCUT2D eigenvalue weighted by atomic mass is 35.5. The van der Waals surface area contributed by atoms with Gasteiger partial charge in [-0.25, -0.2) is 0 Å². The van der Waals surface area contributed by atoms with Gasteiger partial charge in [-0.3, -0.25) is 4.57 Å². The molecular weight excluding hydrogens is 182 g/mol. The van der Waals surface area contributed by atoms with E-state index in [9.17, 15) is 4.57 Å². The highest BCUT2D eigenvalue weighted by Gasteiger charge is 1.95. The predicted octanol–water partition coefficient (Wildman–Crippen LogP) is 1.96. The third-order valence-electron chi connectivity index (χ3n) is 0.639. The van der Waals surface area contributed by atoms with Crippen molar-refractivity contribution in [2.24, 2.45) is 0 Å². The van der Waals surface area contributed by atoms with Crippen LogP contribution in [0.4, 0.5) is 0 Å². The highest BCUT2D eigenvalue weighted by Crippen LogP contribution is 2.21. The average Bonchev–Trinajstić information content (AvgIpc) is 1.85. The molecule has 0 heterocycles. The van der Waals surface area contributed by atoms with Crippen LogP contribution in [0, 0.1) is 0 Å². The summed E-state index contributed by atoms with van der Waals surface area (Å²) in [6.07, 6.45) is 0.448. The van der Waals surface area contributed by atoms with Gasteiger partial charge in [0.25, 0.3) is 0 Å². The van der Waals surface area contributed by atoms with E-state index in [1.165, 1.54) is 0 Å². The van der Waals surface area contributed by atoms with Crippen LogP contribution in [-0.2, 0) is 9.09 Å². The molecule has 0 aliphatic heterocycles. The average molecular weight is 191 g/mol. The molecule has 56 valence electrons. The lowest BCUT2D eigenvalue weighted by Gasteiger charge is -1.97. The lowest BCUT2D eigenvalue weighted by molar-refractivity contribution is 0.353. The van der Waals surface area contributed by atoms with Crippen LogP contribution >= 0.6 is 31.2 Å². The van der Waals surface area contributed by atoms with Crippen LogP contribution in [0.2, 0.25) is 0 Å². The molecule has 0 aromatic carbocycles. The molecule has 0 N–H and O–H groups in total. The van der Waals surface area contributed by atoms with E-state index in [0.717, 1.165) is 0 Å². The normalized spacial score (nSPS) is 13.6. The SMILES string of the molecule is O=[PH](CCCl)OCCCl. The Labute approximate surface area is 65.3 Å². The number of rotatable bonds is 5. The largest absolute Gasteiger partial charge is 0.329 e. The Kier molecular flexibility index (Phi) is 7.47. The predicted molar refractivity (Wildman–Crippen MR) is 41.3 cm³/mol. The maximum absolute atomic E-state index is 10.6. The zero-order chi connectivity index (χ0) is 7.11. The molecule has 0 spiro atoms. The minimum atomic E-state index is -1.87. The Balaban J connectivity index is 3.06. The van der Waals surface area contributed by atoms with Crippen LogP contribution in [0.15, 0.2) is 0 Å². The molecule has 0 bridgehead atoms. The smallest absolute Gasteiger partial charge is 0.192 e. The van der Waals surface area contributed by atoms with Crippen molar-refractivity contribution in [1.82, 2.24) is 0 Å². The molecular formula is C4H9Cl2O2P. The standard InChI is InChI=1S/C4H9Cl2O2P/c5-1-3-8-9(7)4-2-6/h9H,1-4H2. The second kappa shape index (κ2) is 6.88. The van der Waals surface area contributed by atoms with Gasteiger partial charge in [-0.05, 0) is 0 Å². The lowest BCUT2D eigenvalue weighted by atomic mass is 10.9. The maximum atomic E-state index is 10.6. The molecule has 0 fully saturated rings. The molecule has 0 aliphatic rings. The van der Waals surface area contributed by atoms with Crippen LogP contribution in [0.1, 0.15) is 0 Å². The monoisotopic (exact) mass is 190 g/mol. The van der Waals surface area contributed by atoms with E-state index in [0.29, 0.717) is 24.5 Å². The van der Waals surface area contributed by atoms with Crippen molar-refractivity contribution < 1.29 is 9.09 Å². The molecule has 1 atom stereocenters. The van der Waals surface area contributed by atoms with E-state index in [1.54, 1.807) is 0 Å². The van der Waals surface area contributed by atoms with Crippen LogP contribution in [-0.4, -0.2) is 24.5 Å². The Morgan fingerprint density at radius 3 is 2.44 bits per heavy atom. The maximum Gasteiger partial charge on any atom is 0.192 e. The second-order valence-corrected chi connectivity index (χ2v) is 3.64. The van der Waals surface area contributed by atoms with E-state index >= 15 is 0 Å². The summed E-state index contributed by atoms with van der Waals surface area (Å²) in [5.41, 5.74) is 0. The molecule has 2 nitrogen and oxygen atoms in total. The van der Waals surface area contributed by atoms with Gasteiger partial charge in [0.2, 0.25) is 0 Å². The van der Waals surface area contributed by atoms with Crippen LogP contribution in [0.5, 0.6) is 0 Å². The van der Waals surface area contributed by atoms with E-state index in [2.05, 4.69) is 0 Å².